The van der Waals surface area contributed by atoms with E-state index in [1.54, 1.807) is 13.0 Å². The average Bonchev–Trinajstić information content (AvgIpc) is 1.97. The topological polar surface area (TPSA) is 77.6 Å². The van der Waals surface area contributed by atoms with E-state index < -0.39 is 6.03 Å². The summed E-state index contributed by atoms with van der Waals surface area (Å²) in [5.74, 6) is 0. The number of azo groups is 1. The third kappa shape index (κ3) is 4.71. The smallest absolute Gasteiger partial charge is 0.322 e. The first-order chi connectivity index (χ1) is 4.81. The number of nitrogens with one attached hydrogen (secondary N) is 1. The summed E-state index contributed by atoms with van der Waals surface area (Å²) in [4.78, 5) is 10.4. The lowest BCUT2D eigenvalue weighted by Gasteiger charge is -1.88. The predicted octanol–water partition coefficient (Wildman–Crippen LogP) is 0.692. The van der Waals surface area contributed by atoms with Crippen molar-refractivity contribution in [2.24, 2.45) is 10.2 Å². The van der Waals surface area contributed by atoms with Gasteiger partial charge in [0.1, 0.15) is 6.54 Å². The summed E-state index contributed by atoms with van der Waals surface area (Å²) in [5, 5.41) is 16.8. The minimum absolute atomic E-state index is 0.0262. The lowest BCUT2D eigenvalue weighted by atomic mass is 10.7. The molecule has 0 bridgehead atoms. The third-order valence-electron chi connectivity index (χ3n) is 0.622. The molecule has 0 aliphatic heterocycles. The number of hydrogen-bond acceptors (Lipinski definition) is 3. The Kier molecular flexibility index (Phi) is 4.87. The molecule has 1 N–H and O–H groups in total. The number of nitrogens with zero attached hydrogens (tertiary/aromatic N) is 3. The van der Waals surface area contributed by atoms with Crippen molar-refractivity contribution in [3.05, 3.63) is 0 Å². The van der Waals surface area contributed by atoms with Crippen molar-refractivity contribution in [2.75, 3.05) is 13.1 Å². The van der Waals surface area contributed by atoms with E-state index in [0.29, 0.717) is 6.54 Å². The van der Waals surface area contributed by atoms with Gasteiger partial charge in [-0.2, -0.15) is 10.4 Å². The van der Waals surface area contributed by atoms with Crippen molar-refractivity contribution in [1.82, 2.24) is 5.32 Å². The second-order valence-corrected chi connectivity index (χ2v) is 1.37. The van der Waals surface area contributed by atoms with E-state index in [0.717, 1.165) is 0 Å². The zero-order valence-electron chi connectivity index (χ0n) is 5.66. The summed E-state index contributed by atoms with van der Waals surface area (Å²) in [6.45, 7) is 2.21. The fraction of sp³-hybridized carbons (Fsp3) is 0.600. The zero-order chi connectivity index (χ0) is 7.82. The molecule has 0 aromatic carbocycles. The molecular formula is C5H8N4O. The van der Waals surface area contributed by atoms with Gasteiger partial charge in [0.05, 0.1) is 12.6 Å². The number of hydrogen-bond donors (Lipinski definition) is 1. The Labute approximate surface area is 58.7 Å². The molecule has 0 atom stereocenters. The van der Waals surface area contributed by atoms with Crippen LogP contribution in [0.15, 0.2) is 10.2 Å². The maximum absolute atomic E-state index is 10.4. The average molecular weight is 140 g/mol. The van der Waals surface area contributed by atoms with Crippen LogP contribution in [0.25, 0.3) is 0 Å². The number of urea groups is 1. The van der Waals surface area contributed by atoms with Crippen LogP contribution in [0.5, 0.6) is 0 Å². The zero-order valence-corrected chi connectivity index (χ0v) is 5.66. The number of carbonyl (C=O) groups is 1. The van der Waals surface area contributed by atoms with E-state index in [-0.39, 0.29) is 6.54 Å². The SMILES string of the molecule is CCN=NC(=O)NCC#N. The minimum Gasteiger partial charge on any atom is -0.322 e. The second kappa shape index (κ2) is 5.69. The van der Waals surface area contributed by atoms with Crippen molar-refractivity contribution in [2.45, 2.75) is 6.92 Å². The lowest BCUT2D eigenvalue weighted by Crippen LogP contribution is -2.19. The van der Waals surface area contributed by atoms with E-state index in [2.05, 4.69) is 15.5 Å². The molecule has 0 heterocycles. The van der Waals surface area contributed by atoms with Crippen molar-refractivity contribution in [1.29, 1.82) is 5.26 Å². The molecule has 0 radical (unpaired) electrons. The summed E-state index contributed by atoms with van der Waals surface area (Å²) < 4.78 is 0. The highest BCUT2D eigenvalue weighted by molar-refractivity contribution is 5.74. The van der Waals surface area contributed by atoms with Crippen molar-refractivity contribution < 1.29 is 4.79 Å². The number of nitriles is 1. The predicted molar refractivity (Wildman–Crippen MR) is 34.4 cm³/mol. The quantitative estimate of drug-likeness (QED) is 0.452. The standard InChI is InChI=1S/C5H8N4O/c1-2-8-9-5(10)7-4-3-6/h2,4H2,1H3,(H,7,10). The normalized spacial score (nSPS) is 9.20. The molecule has 0 aliphatic rings. The Morgan fingerprint density at radius 3 is 3.00 bits per heavy atom. The van der Waals surface area contributed by atoms with Gasteiger partial charge in [-0.1, -0.05) is 5.11 Å². The Hall–Kier alpha value is -1.44. The highest BCUT2D eigenvalue weighted by Crippen LogP contribution is 1.76. The fourth-order valence-corrected chi connectivity index (χ4v) is 0.285. The van der Waals surface area contributed by atoms with Gasteiger partial charge in [-0.05, 0) is 6.92 Å². The monoisotopic (exact) mass is 140 g/mol. The Balaban J connectivity index is 3.46. The molecule has 0 rings (SSSR count). The van der Waals surface area contributed by atoms with Gasteiger partial charge in [-0.3, -0.25) is 0 Å². The van der Waals surface area contributed by atoms with Gasteiger partial charge in [0.2, 0.25) is 0 Å². The molecule has 0 aromatic heterocycles. The van der Waals surface area contributed by atoms with Crippen LogP contribution >= 0.6 is 0 Å². The van der Waals surface area contributed by atoms with Crippen LogP contribution in [0.2, 0.25) is 0 Å². The van der Waals surface area contributed by atoms with Gasteiger partial charge in [0.25, 0.3) is 0 Å². The van der Waals surface area contributed by atoms with Crippen LogP contribution in [-0.2, 0) is 0 Å². The second-order valence-electron chi connectivity index (χ2n) is 1.37. The molecule has 0 unspecified atom stereocenters. The highest BCUT2D eigenvalue weighted by atomic mass is 16.2. The first-order valence-corrected chi connectivity index (χ1v) is 2.83. The van der Waals surface area contributed by atoms with Crippen LogP contribution in [0.3, 0.4) is 0 Å². The molecule has 0 saturated carbocycles. The molecular weight excluding hydrogens is 132 g/mol. The number of carbonyl (C=O) groups excluding carboxylic acids is 1. The summed E-state index contributed by atoms with van der Waals surface area (Å²) >= 11 is 0. The molecule has 5 nitrogen and oxygen atoms in total. The Morgan fingerprint density at radius 1 is 1.80 bits per heavy atom. The van der Waals surface area contributed by atoms with Crippen LogP contribution in [-0.4, -0.2) is 19.1 Å². The van der Waals surface area contributed by atoms with E-state index in [1.807, 2.05) is 0 Å². The summed E-state index contributed by atoms with van der Waals surface area (Å²) in [5.41, 5.74) is 0. The molecule has 10 heavy (non-hydrogen) atoms. The van der Waals surface area contributed by atoms with Gasteiger partial charge in [-0.25, -0.2) is 4.79 Å². The molecule has 0 spiro atoms. The van der Waals surface area contributed by atoms with E-state index in [4.69, 9.17) is 5.26 Å². The van der Waals surface area contributed by atoms with Gasteiger partial charge in [0, 0.05) is 0 Å². The van der Waals surface area contributed by atoms with Gasteiger partial charge < -0.3 is 5.32 Å². The van der Waals surface area contributed by atoms with E-state index in [9.17, 15) is 4.79 Å². The molecule has 54 valence electrons. The maximum atomic E-state index is 10.4. The minimum atomic E-state index is -0.566. The summed E-state index contributed by atoms with van der Waals surface area (Å²) in [7, 11) is 0. The fourth-order valence-electron chi connectivity index (χ4n) is 0.285. The molecule has 0 fully saturated rings. The molecule has 0 aromatic rings. The van der Waals surface area contributed by atoms with Crippen molar-refractivity contribution >= 4 is 6.03 Å². The Morgan fingerprint density at radius 2 is 2.50 bits per heavy atom. The van der Waals surface area contributed by atoms with Crippen LogP contribution in [0.1, 0.15) is 6.92 Å². The molecule has 0 aliphatic carbocycles. The molecule has 2 amide bonds. The van der Waals surface area contributed by atoms with Crippen LogP contribution in [0.4, 0.5) is 4.79 Å². The van der Waals surface area contributed by atoms with Gasteiger partial charge >= 0.3 is 6.03 Å². The number of rotatable bonds is 2. The van der Waals surface area contributed by atoms with Crippen molar-refractivity contribution in [3.8, 4) is 6.07 Å². The summed E-state index contributed by atoms with van der Waals surface area (Å²) in [6.07, 6.45) is 0. The van der Waals surface area contributed by atoms with Gasteiger partial charge in [0.15, 0.2) is 0 Å². The first-order valence-electron chi connectivity index (χ1n) is 2.83. The Bertz CT molecular complexity index is 169. The van der Waals surface area contributed by atoms with Crippen LogP contribution < -0.4 is 5.32 Å². The lowest BCUT2D eigenvalue weighted by molar-refractivity contribution is 0.248. The summed E-state index contributed by atoms with van der Waals surface area (Å²) in [6, 6.07) is 1.18. The van der Waals surface area contributed by atoms with E-state index >= 15 is 0 Å². The van der Waals surface area contributed by atoms with Crippen molar-refractivity contribution in [3.63, 3.8) is 0 Å². The highest BCUT2D eigenvalue weighted by Gasteiger charge is 1.92. The molecule has 5 heteroatoms. The molecule has 0 saturated heterocycles. The largest absolute Gasteiger partial charge is 0.360 e. The third-order valence-corrected chi connectivity index (χ3v) is 0.622. The number of amides is 2. The van der Waals surface area contributed by atoms with Gasteiger partial charge in [-0.15, -0.1) is 0 Å². The maximum Gasteiger partial charge on any atom is 0.360 e. The first kappa shape index (κ1) is 8.56. The van der Waals surface area contributed by atoms with Crippen LogP contribution in [0, 0.1) is 11.3 Å². The van der Waals surface area contributed by atoms with E-state index in [1.165, 1.54) is 0 Å².